The number of carbonyl (C=O) groups is 1. The second kappa shape index (κ2) is 11.7. The monoisotopic (exact) mass is 546 g/mol. The maximum atomic E-state index is 11.9. The molecule has 0 radical (unpaired) electrons. The molecule has 0 bridgehead atoms. The number of benzene rings is 2. The van der Waals surface area contributed by atoms with Gasteiger partial charge < -0.3 is 15.5 Å². The minimum atomic E-state index is 0. The van der Waals surface area contributed by atoms with Gasteiger partial charge in [0.05, 0.1) is 0 Å². The molecule has 2 fully saturated rings. The van der Waals surface area contributed by atoms with Gasteiger partial charge in [-0.1, -0.05) is 67.4 Å². The van der Waals surface area contributed by atoms with Gasteiger partial charge in [0.1, 0.15) is 0 Å². The first-order valence-corrected chi connectivity index (χ1v) is 11.5. The number of nitrogens with one attached hydrogen (secondary N) is 2. The molecule has 1 amide bonds. The van der Waals surface area contributed by atoms with Crippen molar-refractivity contribution in [3.05, 3.63) is 71.3 Å². The molecule has 1 saturated carbocycles. The second-order valence-corrected chi connectivity index (χ2v) is 8.87. The third-order valence-corrected chi connectivity index (χ3v) is 6.76. The number of guanidine groups is 1. The van der Waals surface area contributed by atoms with Crippen LogP contribution in [0.4, 0.5) is 0 Å². The summed E-state index contributed by atoms with van der Waals surface area (Å²) in [6.45, 7) is 3.19. The van der Waals surface area contributed by atoms with Gasteiger partial charge in [-0.2, -0.15) is 0 Å². The third-order valence-electron chi connectivity index (χ3n) is 6.76. The summed E-state index contributed by atoms with van der Waals surface area (Å²) in [4.78, 5) is 18.3. The molecule has 0 unspecified atom stereocenters. The van der Waals surface area contributed by atoms with E-state index in [1.165, 1.54) is 42.4 Å². The Morgan fingerprint density at radius 1 is 1.00 bits per heavy atom. The molecule has 172 valence electrons. The van der Waals surface area contributed by atoms with E-state index >= 15 is 0 Å². The zero-order chi connectivity index (χ0) is 21.5. The molecule has 32 heavy (non-hydrogen) atoms. The number of rotatable bonds is 7. The predicted molar refractivity (Wildman–Crippen MR) is 141 cm³/mol. The van der Waals surface area contributed by atoms with Crippen molar-refractivity contribution in [3.8, 4) is 0 Å². The summed E-state index contributed by atoms with van der Waals surface area (Å²) >= 11 is 0. The van der Waals surface area contributed by atoms with E-state index in [2.05, 4.69) is 70.2 Å². The maximum absolute atomic E-state index is 11.9. The van der Waals surface area contributed by atoms with Crippen LogP contribution >= 0.6 is 24.0 Å². The van der Waals surface area contributed by atoms with Crippen LogP contribution in [0.3, 0.4) is 0 Å². The first-order valence-electron chi connectivity index (χ1n) is 11.5. The standard InChI is InChI=1S/C26H34N4O.HI/c1-27-25(29-20-26(14-5-6-15-26)23-11-3-2-4-12-23)28-18-21-9-7-10-22(17-21)19-30-16-8-13-24(30)31;/h2-4,7,9-12,17H,5-6,8,13-16,18-20H2,1H3,(H2,27,28,29);1H. The highest BCUT2D eigenvalue weighted by Gasteiger charge is 2.35. The molecule has 2 aromatic carbocycles. The van der Waals surface area contributed by atoms with Crippen molar-refractivity contribution in [1.29, 1.82) is 0 Å². The van der Waals surface area contributed by atoms with Gasteiger partial charge in [0, 0.05) is 45.1 Å². The van der Waals surface area contributed by atoms with Gasteiger partial charge in [0.25, 0.3) is 0 Å². The normalized spacial score (nSPS) is 17.8. The number of amides is 1. The molecule has 1 aliphatic carbocycles. The lowest BCUT2D eigenvalue weighted by Crippen LogP contribution is -2.44. The van der Waals surface area contributed by atoms with Gasteiger partial charge in [-0.05, 0) is 36.0 Å². The summed E-state index contributed by atoms with van der Waals surface area (Å²) < 4.78 is 0. The number of aliphatic imine (C=N–C) groups is 1. The van der Waals surface area contributed by atoms with E-state index in [4.69, 9.17) is 0 Å². The van der Waals surface area contributed by atoms with Crippen molar-refractivity contribution in [3.63, 3.8) is 0 Å². The van der Waals surface area contributed by atoms with Crippen LogP contribution in [0.2, 0.25) is 0 Å². The molecule has 1 heterocycles. The van der Waals surface area contributed by atoms with E-state index in [1.54, 1.807) is 0 Å². The Bertz CT molecular complexity index is 909. The fourth-order valence-corrected chi connectivity index (χ4v) is 5.00. The summed E-state index contributed by atoms with van der Waals surface area (Å²) in [5.41, 5.74) is 4.01. The van der Waals surface area contributed by atoms with Crippen LogP contribution in [0.5, 0.6) is 0 Å². The minimum Gasteiger partial charge on any atom is -0.356 e. The van der Waals surface area contributed by atoms with Gasteiger partial charge in [-0.25, -0.2) is 0 Å². The molecule has 5 nitrogen and oxygen atoms in total. The number of hydrogen-bond acceptors (Lipinski definition) is 2. The SMILES string of the molecule is CN=C(NCc1cccc(CN2CCCC2=O)c1)NCC1(c2ccccc2)CCCC1.I. The predicted octanol–water partition coefficient (Wildman–Crippen LogP) is 4.60. The molecular weight excluding hydrogens is 511 g/mol. The number of carbonyl (C=O) groups excluding carboxylic acids is 1. The highest BCUT2D eigenvalue weighted by Crippen LogP contribution is 2.40. The van der Waals surface area contributed by atoms with E-state index in [0.29, 0.717) is 19.5 Å². The Kier molecular flexibility index (Phi) is 8.96. The maximum Gasteiger partial charge on any atom is 0.222 e. The average Bonchev–Trinajstić information content (AvgIpc) is 3.45. The lowest BCUT2D eigenvalue weighted by atomic mass is 9.79. The van der Waals surface area contributed by atoms with Crippen LogP contribution in [-0.2, 0) is 23.3 Å². The van der Waals surface area contributed by atoms with Gasteiger partial charge in [-0.3, -0.25) is 9.79 Å². The van der Waals surface area contributed by atoms with E-state index in [0.717, 1.165) is 25.5 Å². The molecule has 0 aromatic heterocycles. The fourth-order valence-electron chi connectivity index (χ4n) is 5.00. The summed E-state index contributed by atoms with van der Waals surface area (Å²) in [6, 6.07) is 19.4. The van der Waals surface area contributed by atoms with Gasteiger partial charge in [-0.15, -0.1) is 24.0 Å². The molecule has 2 aliphatic rings. The number of halogens is 1. The van der Waals surface area contributed by atoms with Crippen molar-refractivity contribution < 1.29 is 4.79 Å². The minimum absolute atomic E-state index is 0. The molecule has 1 saturated heterocycles. The Labute approximate surface area is 209 Å². The number of nitrogens with zero attached hydrogens (tertiary/aromatic N) is 2. The summed E-state index contributed by atoms with van der Waals surface area (Å²) in [6.07, 6.45) is 6.68. The molecule has 2 aromatic rings. The average molecular weight is 546 g/mol. The Morgan fingerprint density at radius 2 is 1.75 bits per heavy atom. The summed E-state index contributed by atoms with van der Waals surface area (Å²) in [5.74, 6) is 1.11. The lowest BCUT2D eigenvalue weighted by molar-refractivity contribution is -0.128. The molecule has 0 spiro atoms. The Balaban J connectivity index is 0.00000289. The van der Waals surface area contributed by atoms with E-state index in [9.17, 15) is 4.79 Å². The highest BCUT2D eigenvalue weighted by atomic mass is 127. The molecule has 1 aliphatic heterocycles. The summed E-state index contributed by atoms with van der Waals surface area (Å²) in [5, 5.41) is 7.05. The van der Waals surface area contributed by atoms with Crippen LogP contribution in [0.15, 0.2) is 59.6 Å². The number of likely N-dealkylation sites (tertiary alicyclic amines) is 1. The first-order chi connectivity index (χ1) is 15.2. The van der Waals surface area contributed by atoms with Crippen molar-refractivity contribution in [2.75, 3.05) is 20.1 Å². The molecule has 0 atom stereocenters. The van der Waals surface area contributed by atoms with Crippen molar-refractivity contribution in [2.45, 2.75) is 57.0 Å². The number of hydrogen-bond donors (Lipinski definition) is 2. The van der Waals surface area contributed by atoms with Crippen LogP contribution < -0.4 is 10.6 Å². The smallest absolute Gasteiger partial charge is 0.222 e. The quantitative estimate of drug-likeness (QED) is 0.303. The van der Waals surface area contributed by atoms with Gasteiger partial charge >= 0.3 is 0 Å². The van der Waals surface area contributed by atoms with Crippen LogP contribution in [0.25, 0.3) is 0 Å². The second-order valence-electron chi connectivity index (χ2n) is 8.87. The van der Waals surface area contributed by atoms with Crippen molar-refractivity contribution >= 4 is 35.8 Å². The van der Waals surface area contributed by atoms with Crippen LogP contribution in [0, 0.1) is 0 Å². The van der Waals surface area contributed by atoms with E-state index < -0.39 is 0 Å². The van der Waals surface area contributed by atoms with E-state index in [1.807, 2.05) is 11.9 Å². The van der Waals surface area contributed by atoms with Crippen molar-refractivity contribution in [1.82, 2.24) is 15.5 Å². The lowest BCUT2D eigenvalue weighted by Gasteiger charge is -2.30. The van der Waals surface area contributed by atoms with Crippen LogP contribution in [0.1, 0.15) is 55.2 Å². The van der Waals surface area contributed by atoms with Gasteiger partial charge in [0.2, 0.25) is 5.91 Å². The van der Waals surface area contributed by atoms with E-state index in [-0.39, 0.29) is 35.3 Å². The van der Waals surface area contributed by atoms with Crippen molar-refractivity contribution in [2.24, 2.45) is 4.99 Å². The Morgan fingerprint density at radius 3 is 2.44 bits per heavy atom. The Hall–Kier alpha value is -2.09. The fraction of sp³-hybridized carbons (Fsp3) is 0.462. The highest BCUT2D eigenvalue weighted by molar-refractivity contribution is 14.0. The third kappa shape index (κ3) is 6.03. The zero-order valence-corrected chi connectivity index (χ0v) is 21.3. The zero-order valence-electron chi connectivity index (χ0n) is 19.0. The van der Waals surface area contributed by atoms with Gasteiger partial charge in [0.15, 0.2) is 5.96 Å². The molecule has 2 N–H and O–H groups in total. The summed E-state index contributed by atoms with van der Waals surface area (Å²) in [7, 11) is 1.83. The molecule has 6 heteroatoms. The molecule has 4 rings (SSSR count). The first kappa shape index (κ1) is 24.6. The molecular formula is C26H35IN4O. The topological polar surface area (TPSA) is 56.7 Å². The van der Waals surface area contributed by atoms with Crippen LogP contribution in [-0.4, -0.2) is 36.9 Å². The largest absolute Gasteiger partial charge is 0.356 e.